The summed E-state index contributed by atoms with van der Waals surface area (Å²) in [5, 5.41) is 18.9. The lowest BCUT2D eigenvalue weighted by Crippen LogP contribution is -2.41. The van der Waals surface area contributed by atoms with E-state index >= 15 is 0 Å². The SMILES string of the molecule is C[Si](C)(C)c1ccc2ccc([Si](C)(C)C)c(N(c3ccccc3)c3ccc4ccc5c(N(c6ccccc6)c6c([Si](C)(C)C)ccc7ccc([Si](C)(C)C)cc67)ccc6ccc3c4c65)c2c1. The van der Waals surface area contributed by atoms with Gasteiger partial charge in [-0.15, -0.1) is 0 Å². The standard InChI is InChI=1S/C60H64N2Si4/c1-63(2,3)47-31-23-41-29-37-55(65(7,8)9)59(51(41)39-47)61(45-19-15-13-16-20-45)53-35-27-43-26-34-50-54(36-28-44-25-33-49(53)57(43)58(44)50)62(46-21-17-14-18-22-46)60-52-40-48(64(4,5)6)32-24-42(52)30-38-56(60)66(10,11)12/h13-40H,1-12H3. The van der Waals surface area contributed by atoms with Gasteiger partial charge in [-0.2, -0.15) is 0 Å². The predicted octanol–water partition coefficient (Wildman–Crippen LogP) is 16.0. The molecule has 66 heavy (non-hydrogen) atoms. The maximum atomic E-state index is 2.62. The molecule has 330 valence electrons. The summed E-state index contributed by atoms with van der Waals surface area (Å²) in [7, 11) is -7.03. The summed E-state index contributed by atoms with van der Waals surface area (Å²) in [5.74, 6) is 0. The first-order valence-corrected chi connectivity index (χ1v) is 37.9. The second-order valence-electron chi connectivity index (χ2n) is 22.7. The van der Waals surface area contributed by atoms with E-state index in [1.807, 2.05) is 0 Å². The number of hydrogen-bond acceptors (Lipinski definition) is 2. The van der Waals surface area contributed by atoms with E-state index < -0.39 is 32.3 Å². The van der Waals surface area contributed by atoms with E-state index in [2.05, 4.69) is 258 Å². The Bertz CT molecular complexity index is 3220. The molecule has 0 amide bonds. The topological polar surface area (TPSA) is 6.48 Å². The van der Waals surface area contributed by atoms with Crippen LogP contribution >= 0.6 is 0 Å². The van der Waals surface area contributed by atoms with Crippen molar-refractivity contribution >= 4 is 141 Å². The maximum absolute atomic E-state index is 2.62. The zero-order valence-corrected chi connectivity index (χ0v) is 45.1. The Hall–Kier alpha value is -5.77. The molecule has 0 atom stereocenters. The predicted molar refractivity (Wildman–Crippen MR) is 306 cm³/mol. The lowest BCUT2D eigenvalue weighted by Gasteiger charge is -2.35. The second-order valence-corrected chi connectivity index (χ2v) is 43.0. The molecule has 0 spiro atoms. The van der Waals surface area contributed by atoms with Gasteiger partial charge in [0.1, 0.15) is 0 Å². The van der Waals surface area contributed by atoms with Gasteiger partial charge in [-0.3, -0.25) is 0 Å². The second kappa shape index (κ2) is 15.9. The lowest BCUT2D eigenvalue weighted by molar-refractivity contribution is 1.32. The highest BCUT2D eigenvalue weighted by Gasteiger charge is 2.32. The molecule has 6 heteroatoms. The third kappa shape index (κ3) is 7.62. The Morgan fingerprint density at radius 3 is 0.970 bits per heavy atom. The van der Waals surface area contributed by atoms with Crippen molar-refractivity contribution in [3.8, 4) is 0 Å². The van der Waals surface area contributed by atoms with E-state index in [-0.39, 0.29) is 0 Å². The van der Waals surface area contributed by atoms with Crippen molar-refractivity contribution in [1.82, 2.24) is 0 Å². The van der Waals surface area contributed by atoms with Crippen LogP contribution in [0.5, 0.6) is 0 Å². The quantitative estimate of drug-likeness (QED) is 0.0996. The average molecular weight is 926 g/mol. The van der Waals surface area contributed by atoms with Gasteiger partial charge < -0.3 is 9.80 Å². The Labute approximate surface area is 396 Å². The van der Waals surface area contributed by atoms with Gasteiger partial charge in [0.2, 0.25) is 0 Å². The molecule has 0 radical (unpaired) electrons. The number of nitrogens with zero attached hydrogens (tertiary/aromatic N) is 2. The average Bonchev–Trinajstić information content (AvgIpc) is 3.28. The van der Waals surface area contributed by atoms with E-state index in [4.69, 9.17) is 0 Å². The minimum absolute atomic E-state index is 1.18. The lowest BCUT2D eigenvalue weighted by atomic mass is 9.91. The van der Waals surface area contributed by atoms with Crippen molar-refractivity contribution in [3.05, 3.63) is 170 Å². The van der Waals surface area contributed by atoms with Crippen LogP contribution in [0.15, 0.2) is 170 Å². The Balaban J connectivity index is 1.31. The van der Waals surface area contributed by atoms with Crippen LogP contribution in [0.1, 0.15) is 0 Å². The summed E-state index contributed by atoms with van der Waals surface area (Å²) in [6, 6.07) is 65.7. The molecule has 0 saturated heterocycles. The van der Waals surface area contributed by atoms with Crippen molar-refractivity contribution in [3.63, 3.8) is 0 Å². The first-order valence-electron chi connectivity index (χ1n) is 23.9. The first-order chi connectivity index (χ1) is 31.3. The minimum atomic E-state index is -1.89. The maximum Gasteiger partial charge on any atom is 0.0803 e. The van der Waals surface area contributed by atoms with Crippen LogP contribution in [0.4, 0.5) is 34.1 Å². The number of para-hydroxylation sites is 2. The number of benzene rings is 10. The number of fused-ring (bicyclic) bond motifs is 2. The number of hydrogen-bond donors (Lipinski definition) is 0. The molecular weight excluding hydrogens is 861 g/mol. The monoisotopic (exact) mass is 924 g/mol. The zero-order valence-electron chi connectivity index (χ0n) is 41.1. The Morgan fingerprint density at radius 2 is 0.621 bits per heavy atom. The van der Waals surface area contributed by atoms with E-state index in [0.717, 1.165) is 0 Å². The molecule has 10 aromatic carbocycles. The van der Waals surface area contributed by atoms with E-state index in [1.54, 1.807) is 0 Å². The van der Waals surface area contributed by atoms with Gasteiger partial charge in [0.05, 0.1) is 55.0 Å². The highest BCUT2D eigenvalue weighted by molar-refractivity contribution is 6.91. The fraction of sp³-hybridized carbons (Fsp3) is 0.200. The van der Waals surface area contributed by atoms with Crippen LogP contribution < -0.4 is 30.5 Å². The van der Waals surface area contributed by atoms with Crippen LogP contribution in [-0.2, 0) is 0 Å². The van der Waals surface area contributed by atoms with Crippen molar-refractivity contribution in [2.24, 2.45) is 0 Å². The summed E-state index contributed by atoms with van der Waals surface area (Å²) in [4.78, 5) is 5.25. The van der Waals surface area contributed by atoms with Gasteiger partial charge >= 0.3 is 0 Å². The van der Waals surface area contributed by atoms with E-state index in [9.17, 15) is 0 Å². The van der Waals surface area contributed by atoms with Gasteiger partial charge in [-0.05, 0) is 79.1 Å². The van der Waals surface area contributed by atoms with Crippen molar-refractivity contribution in [2.75, 3.05) is 9.80 Å². The molecule has 10 rings (SSSR count). The van der Waals surface area contributed by atoms with Crippen LogP contribution in [0.25, 0.3) is 53.9 Å². The molecule has 0 saturated carbocycles. The largest absolute Gasteiger partial charge is 0.309 e. The molecule has 0 aliphatic heterocycles. The van der Waals surface area contributed by atoms with Crippen molar-refractivity contribution in [1.29, 1.82) is 0 Å². The van der Waals surface area contributed by atoms with Crippen LogP contribution in [0.3, 0.4) is 0 Å². The molecular formula is C60H64N2Si4. The van der Waals surface area contributed by atoms with Gasteiger partial charge in [-0.1, -0.05) is 222 Å². The summed E-state index contributed by atoms with van der Waals surface area (Å²) in [6.45, 7) is 29.8. The molecule has 10 aromatic rings. The molecule has 0 aliphatic carbocycles. The molecule has 0 bridgehead atoms. The van der Waals surface area contributed by atoms with Gasteiger partial charge in [0, 0.05) is 32.9 Å². The number of rotatable bonds is 10. The van der Waals surface area contributed by atoms with Crippen molar-refractivity contribution in [2.45, 2.75) is 78.6 Å². The molecule has 0 fully saturated rings. The van der Waals surface area contributed by atoms with E-state index in [1.165, 1.54) is 109 Å². The van der Waals surface area contributed by atoms with Crippen LogP contribution in [0, 0.1) is 0 Å². The molecule has 0 N–H and O–H groups in total. The number of anilines is 6. The Morgan fingerprint density at radius 1 is 0.288 bits per heavy atom. The van der Waals surface area contributed by atoms with E-state index in [0.29, 0.717) is 0 Å². The first kappa shape index (κ1) is 44.1. The summed E-state index contributed by atoms with van der Waals surface area (Å²) in [5.41, 5.74) is 7.45. The summed E-state index contributed by atoms with van der Waals surface area (Å²) >= 11 is 0. The molecule has 0 unspecified atom stereocenters. The highest BCUT2D eigenvalue weighted by Crippen LogP contribution is 2.49. The zero-order chi connectivity index (χ0) is 46.5. The van der Waals surface area contributed by atoms with Crippen LogP contribution in [-0.4, -0.2) is 32.3 Å². The van der Waals surface area contributed by atoms with Gasteiger partial charge in [0.25, 0.3) is 0 Å². The normalized spacial score (nSPS) is 12.8. The summed E-state index contributed by atoms with van der Waals surface area (Å²) < 4.78 is 0. The van der Waals surface area contributed by atoms with Gasteiger partial charge in [0.15, 0.2) is 0 Å². The fourth-order valence-electron chi connectivity index (χ4n) is 10.3. The Kier molecular flexibility index (Phi) is 10.6. The highest BCUT2D eigenvalue weighted by atomic mass is 28.3. The molecule has 0 heterocycles. The van der Waals surface area contributed by atoms with Gasteiger partial charge in [-0.25, -0.2) is 0 Å². The summed E-state index contributed by atoms with van der Waals surface area (Å²) in [6.07, 6.45) is 0. The van der Waals surface area contributed by atoms with Crippen LogP contribution in [0.2, 0.25) is 78.6 Å². The fourth-order valence-corrected chi connectivity index (χ4v) is 15.7. The van der Waals surface area contributed by atoms with Crippen molar-refractivity contribution < 1.29 is 0 Å². The third-order valence-corrected chi connectivity index (χ3v) is 22.0. The third-order valence-electron chi connectivity index (χ3n) is 13.9. The smallest absolute Gasteiger partial charge is 0.0803 e. The molecule has 0 aliphatic rings. The minimum Gasteiger partial charge on any atom is -0.309 e. The molecule has 2 nitrogen and oxygen atoms in total. The molecule has 0 aromatic heterocycles.